The van der Waals surface area contributed by atoms with Crippen LogP contribution in [0.1, 0.15) is 10.4 Å². The Morgan fingerprint density at radius 1 is 1.08 bits per heavy atom. The molecule has 0 atom stereocenters. The smallest absolute Gasteiger partial charge is 0.211 e. The number of halogens is 1. The van der Waals surface area contributed by atoms with Gasteiger partial charge in [0.1, 0.15) is 11.3 Å². The minimum Gasteiger partial charge on any atom is -0.338 e. The van der Waals surface area contributed by atoms with Crippen LogP contribution in [0.5, 0.6) is 0 Å². The Balaban J connectivity index is 1.58. The molecule has 0 unspecified atom stereocenters. The summed E-state index contributed by atoms with van der Waals surface area (Å²) in [6, 6.07) is 13.7. The number of nitrogens with zero attached hydrogens (tertiary/aromatic N) is 3. The first-order chi connectivity index (χ1) is 11.7. The van der Waals surface area contributed by atoms with Crippen molar-refractivity contribution < 1.29 is 9.18 Å². The molecule has 0 fully saturated rings. The van der Waals surface area contributed by atoms with E-state index in [2.05, 4.69) is 20.2 Å². The molecule has 0 aliphatic heterocycles. The average Bonchev–Trinajstić information content (AvgIpc) is 2.98. The molecule has 2 aromatic heterocycles. The van der Waals surface area contributed by atoms with Crippen LogP contribution in [0.4, 0.5) is 4.39 Å². The zero-order valence-electron chi connectivity index (χ0n) is 12.4. The summed E-state index contributed by atoms with van der Waals surface area (Å²) in [6.07, 6.45) is 0. The number of Topliss-reactive ketones (excluding diaryl/α,β-unsaturated/α-hetero) is 1. The van der Waals surface area contributed by atoms with Gasteiger partial charge in [0.25, 0.3) is 0 Å². The molecule has 0 spiro atoms. The molecule has 0 saturated heterocycles. The molecular formula is C17H11FN4OS. The van der Waals surface area contributed by atoms with Crippen molar-refractivity contribution in [1.29, 1.82) is 0 Å². The van der Waals surface area contributed by atoms with Crippen LogP contribution in [-0.4, -0.2) is 31.7 Å². The van der Waals surface area contributed by atoms with Gasteiger partial charge < -0.3 is 4.98 Å². The van der Waals surface area contributed by atoms with Crippen LogP contribution in [-0.2, 0) is 0 Å². The molecule has 0 aliphatic rings. The molecular weight excluding hydrogens is 327 g/mol. The van der Waals surface area contributed by atoms with Crippen LogP contribution in [0.15, 0.2) is 53.7 Å². The highest BCUT2D eigenvalue weighted by molar-refractivity contribution is 7.99. The largest absolute Gasteiger partial charge is 0.338 e. The zero-order chi connectivity index (χ0) is 16.5. The normalized spacial score (nSPS) is 11.2. The molecule has 2 aromatic carbocycles. The fourth-order valence-electron chi connectivity index (χ4n) is 2.46. The molecule has 0 bridgehead atoms. The Labute approximate surface area is 140 Å². The summed E-state index contributed by atoms with van der Waals surface area (Å²) in [7, 11) is 0. The average molecular weight is 338 g/mol. The Bertz CT molecular complexity index is 1060. The lowest BCUT2D eigenvalue weighted by Gasteiger charge is -2.01. The van der Waals surface area contributed by atoms with Gasteiger partial charge in [-0.05, 0) is 18.2 Å². The maximum Gasteiger partial charge on any atom is 0.211 e. The summed E-state index contributed by atoms with van der Waals surface area (Å²) in [5.41, 5.74) is 2.31. The summed E-state index contributed by atoms with van der Waals surface area (Å²) in [5, 5.41) is 9.57. The van der Waals surface area contributed by atoms with E-state index in [-0.39, 0.29) is 17.1 Å². The van der Waals surface area contributed by atoms with Gasteiger partial charge in [-0.3, -0.25) is 4.79 Å². The summed E-state index contributed by atoms with van der Waals surface area (Å²) in [6.45, 7) is 0. The van der Waals surface area contributed by atoms with Crippen molar-refractivity contribution >= 4 is 39.6 Å². The van der Waals surface area contributed by atoms with Crippen LogP contribution in [0.3, 0.4) is 0 Å². The Morgan fingerprint density at radius 3 is 2.75 bits per heavy atom. The Morgan fingerprint density at radius 2 is 1.88 bits per heavy atom. The van der Waals surface area contributed by atoms with Crippen molar-refractivity contribution in [2.24, 2.45) is 0 Å². The van der Waals surface area contributed by atoms with Gasteiger partial charge in [0.05, 0.1) is 11.3 Å². The number of aromatic amines is 1. The minimum absolute atomic E-state index is 0.0499. The number of hydrogen-bond acceptors (Lipinski definition) is 5. The lowest BCUT2D eigenvalue weighted by molar-refractivity contribution is 0.101. The third-order valence-electron chi connectivity index (χ3n) is 3.61. The number of carbonyl (C=O) groups is 1. The van der Waals surface area contributed by atoms with Crippen molar-refractivity contribution in [3.8, 4) is 0 Å². The predicted molar refractivity (Wildman–Crippen MR) is 90.6 cm³/mol. The number of ketones is 1. The number of carbonyl (C=O) groups excluding carboxylic acids is 1. The molecule has 0 saturated carbocycles. The van der Waals surface area contributed by atoms with Gasteiger partial charge in [0.2, 0.25) is 5.16 Å². The van der Waals surface area contributed by atoms with Crippen molar-refractivity contribution in [3.63, 3.8) is 0 Å². The van der Waals surface area contributed by atoms with Gasteiger partial charge in [-0.25, -0.2) is 9.37 Å². The summed E-state index contributed by atoms with van der Waals surface area (Å²) in [4.78, 5) is 19.7. The molecule has 7 heteroatoms. The zero-order valence-corrected chi connectivity index (χ0v) is 13.2. The highest BCUT2D eigenvalue weighted by Crippen LogP contribution is 2.23. The van der Waals surface area contributed by atoms with E-state index in [4.69, 9.17) is 0 Å². The topological polar surface area (TPSA) is 71.5 Å². The van der Waals surface area contributed by atoms with Gasteiger partial charge in [-0.1, -0.05) is 42.1 Å². The number of fused-ring (bicyclic) bond motifs is 3. The van der Waals surface area contributed by atoms with Crippen LogP contribution >= 0.6 is 11.8 Å². The van der Waals surface area contributed by atoms with E-state index in [0.29, 0.717) is 16.3 Å². The van der Waals surface area contributed by atoms with E-state index >= 15 is 0 Å². The van der Waals surface area contributed by atoms with Crippen LogP contribution in [0.2, 0.25) is 0 Å². The third-order valence-corrected chi connectivity index (χ3v) is 4.45. The van der Waals surface area contributed by atoms with Crippen molar-refractivity contribution in [1.82, 2.24) is 20.2 Å². The van der Waals surface area contributed by atoms with Gasteiger partial charge in [0.15, 0.2) is 11.4 Å². The van der Waals surface area contributed by atoms with Gasteiger partial charge in [-0.15, -0.1) is 10.2 Å². The maximum absolute atomic E-state index is 13.6. The lowest BCUT2D eigenvalue weighted by atomic mass is 10.1. The fourth-order valence-corrected chi connectivity index (χ4v) is 3.13. The van der Waals surface area contributed by atoms with E-state index in [1.165, 1.54) is 12.1 Å². The van der Waals surface area contributed by atoms with Crippen molar-refractivity contribution in [3.05, 3.63) is 59.9 Å². The number of thioether (sulfide) groups is 1. The molecule has 5 nitrogen and oxygen atoms in total. The highest BCUT2D eigenvalue weighted by atomic mass is 32.2. The second-order valence-corrected chi connectivity index (χ2v) is 6.10. The number of hydrogen-bond donors (Lipinski definition) is 1. The van der Waals surface area contributed by atoms with Gasteiger partial charge >= 0.3 is 0 Å². The van der Waals surface area contributed by atoms with E-state index in [9.17, 15) is 9.18 Å². The van der Waals surface area contributed by atoms with Crippen LogP contribution in [0.25, 0.3) is 22.1 Å². The number of nitrogens with one attached hydrogen (secondary N) is 1. The minimum atomic E-state index is -0.520. The molecule has 4 aromatic rings. The Hall–Kier alpha value is -2.80. The van der Waals surface area contributed by atoms with Crippen LogP contribution < -0.4 is 0 Å². The molecule has 118 valence electrons. The predicted octanol–water partition coefficient (Wildman–Crippen LogP) is 3.62. The quantitative estimate of drug-likeness (QED) is 0.454. The molecule has 0 radical (unpaired) electrons. The van der Waals surface area contributed by atoms with E-state index in [1.54, 1.807) is 12.1 Å². The second-order valence-electron chi connectivity index (χ2n) is 5.15. The monoisotopic (exact) mass is 338 g/mol. The first kappa shape index (κ1) is 14.8. The second kappa shape index (κ2) is 6.01. The highest BCUT2D eigenvalue weighted by Gasteiger charge is 2.14. The van der Waals surface area contributed by atoms with E-state index < -0.39 is 5.82 Å². The first-order valence-corrected chi connectivity index (χ1v) is 8.22. The molecule has 0 aliphatic carbocycles. The Kier molecular flexibility index (Phi) is 3.70. The SMILES string of the molecule is O=C(CSc1nnc2c(n1)[nH]c1ccccc12)c1ccccc1F. The first-order valence-electron chi connectivity index (χ1n) is 7.24. The fraction of sp³-hybridized carbons (Fsp3) is 0.0588. The summed E-state index contributed by atoms with van der Waals surface area (Å²) < 4.78 is 13.6. The summed E-state index contributed by atoms with van der Waals surface area (Å²) >= 11 is 1.14. The number of rotatable bonds is 4. The maximum atomic E-state index is 13.6. The van der Waals surface area contributed by atoms with Gasteiger partial charge in [0, 0.05) is 10.9 Å². The number of benzene rings is 2. The molecule has 24 heavy (non-hydrogen) atoms. The number of aromatic nitrogens is 4. The van der Waals surface area contributed by atoms with Crippen LogP contribution in [0, 0.1) is 5.82 Å². The molecule has 4 rings (SSSR count). The summed E-state index contributed by atoms with van der Waals surface area (Å²) in [5.74, 6) is -0.777. The molecule has 2 heterocycles. The van der Waals surface area contributed by atoms with Crippen molar-refractivity contribution in [2.75, 3.05) is 5.75 Å². The van der Waals surface area contributed by atoms with Gasteiger partial charge in [-0.2, -0.15) is 0 Å². The lowest BCUT2D eigenvalue weighted by Crippen LogP contribution is -2.06. The number of para-hydroxylation sites is 1. The van der Waals surface area contributed by atoms with E-state index in [1.807, 2.05) is 24.3 Å². The molecule has 0 amide bonds. The van der Waals surface area contributed by atoms with E-state index in [0.717, 1.165) is 22.7 Å². The van der Waals surface area contributed by atoms with Crippen molar-refractivity contribution in [2.45, 2.75) is 5.16 Å². The third kappa shape index (κ3) is 2.63. The standard InChI is InChI=1S/C17H11FN4OS/c18-12-7-3-1-5-10(12)14(23)9-24-17-20-16-15(21-22-17)11-6-2-4-8-13(11)19-16/h1-8H,9H2,(H,19,20,22). The number of H-pyrrole nitrogens is 1. The molecule has 1 N–H and O–H groups in total.